The lowest BCUT2D eigenvalue weighted by molar-refractivity contribution is 0.102. The molecular weight excluding hydrogens is 396 g/mol. The third-order valence-electron chi connectivity index (χ3n) is 4.11. The first-order valence-corrected chi connectivity index (χ1v) is 10.3. The van der Waals surface area contributed by atoms with Gasteiger partial charge >= 0.3 is 0 Å². The van der Waals surface area contributed by atoms with Gasteiger partial charge in [-0.1, -0.05) is 12.1 Å². The first kappa shape index (κ1) is 20.3. The molecule has 0 aliphatic heterocycles. The Morgan fingerprint density at radius 2 is 1.97 bits per heavy atom. The lowest BCUT2D eigenvalue weighted by atomic mass is 10.1. The SMILES string of the molecule is CCS(=O)(=O)Nc1ccccc1C(=O)Nc1ccc(OC)c(-n2nnnc2C)c1. The van der Waals surface area contributed by atoms with Crippen LogP contribution in [0.2, 0.25) is 0 Å². The second kappa shape index (κ2) is 8.27. The van der Waals surface area contributed by atoms with Gasteiger partial charge in [0.15, 0.2) is 5.82 Å². The molecule has 2 N–H and O–H groups in total. The summed E-state index contributed by atoms with van der Waals surface area (Å²) in [5, 5.41) is 14.2. The number of para-hydroxylation sites is 1. The minimum absolute atomic E-state index is 0.101. The molecule has 3 aromatic rings. The number of nitrogens with one attached hydrogen (secondary N) is 2. The Kier molecular flexibility index (Phi) is 5.78. The molecule has 3 rings (SSSR count). The summed E-state index contributed by atoms with van der Waals surface area (Å²) in [5.41, 5.74) is 1.42. The number of carbonyl (C=O) groups excluding carboxylic acids is 1. The molecule has 29 heavy (non-hydrogen) atoms. The Hall–Kier alpha value is -3.47. The van der Waals surface area contributed by atoms with Gasteiger partial charge in [0, 0.05) is 5.69 Å². The fraction of sp³-hybridized carbons (Fsp3) is 0.222. The number of benzene rings is 2. The molecule has 0 aliphatic carbocycles. The van der Waals surface area contributed by atoms with Crippen LogP contribution in [0, 0.1) is 6.92 Å². The summed E-state index contributed by atoms with van der Waals surface area (Å²) in [6.45, 7) is 3.26. The number of hydrogen-bond acceptors (Lipinski definition) is 7. The molecule has 2 aromatic carbocycles. The van der Waals surface area contributed by atoms with Gasteiger partial charge in [0.1, 0.15) is 11.4 Å². The summed E-state index contributed by atoms with van der Waals surface area (Å²) < 4.78 is 33.1. The van der Waals surface area contributed by atoms with Crippen LogP contribution in [0.4, 0.5) is 11.4 Å². The lowest BCUT2D eigenvalue weighted by Crippen LogP contribution is -2.19. The van der Waals surface area contributed by atoms with E-state index in [0.29, 0.717) is 22.9 Å². The number of amides is 1. The van der Waals surface area contributed by atoms with Crippen LogP contribution in [0.1, 0.15) is 23.1 Å². The van der Waals surface area contributed by atoms with Crippen molar-refractivity contribution in [1.82, 2.24) is 20.2 Å². The van der Waals surface area contributed by atoms with Crippen molar-refractivity contribution in [3.63, 3.8) is 0 Å². The quantitative estimate of drug-likeness (QED) is 0.603. The summed E-state index contributed by atoms with van der Waals surface area (Å²) in [4.78, 5) is 12.8. The van der Waals surface area contributed by atoms with Gasteiger partial charge in [-0.3, -0.25) is 9.52 Å². The maximum Gasteiger partial charge on any atom is 0.257 e. The van der Waals surface area contributed by atoms with Crippen LogP contribution >= 0.6 is 0 Å². The third kappa shape index (κ3) is 4.51. The molecule has 11 heteroatoms. The predicted octanol–water partition coefficient (Wildman–Crippen LogP) is 1.99. The van der Waals surface area contributed by atoms with E-state index in [1.165, 1.54) is 24.8 Å². The molecular formula is C18H20N6O4S. The van der Waals surface area contributed by atoms with Crippen molar-refractivity contribution < 1.29 is 17.9 Å². The minimum atomic E-state index is -3.52. The Bertz CT molecular complexity index is 1140. The number of aryl methyl sites for hydroxylation is 1. The molecule has 0 unspecified atom stereocenters. The highest BCUT2D eigenvalue weighted by molar-refractivity contribution is 7.92. The van der Waals surface area contributed by atoms with Crippen molar-refractivity contribution in [3.8, 4) is 11.4 Å². The van der Waals surface area contributed by atoms with Crippen molar-refractivity contribution in [3.05, 3.63) is 53.9 Å². The van der Waals surface area contributed by atoms with E-state index >= 15 is 0 Å². The number of hydrogen-bond donors (Lipinski definition) is 2. The average molecular weight is 416 g/mol. The van der Waals surface area contributed by atoms with Crippen molar-refractivity contribution in [2.45, 2.75) is 13.8 Å². The fourth-order valence-electron chi connectivity index (χ4n) is 2.60. The lowest BCUT2D eigenvalue weighted by Gasteiger charge is -2.14. The van der Waals surface area contributed by atoms with Crippen molar-refractivity contribution >= 4 is 27.3 Å². The highest BCUT2D eigenvalue weighted by Gasteiger charge is 2.17. The molecule has 1 aromatic heterocycles. The molecule has 0 radical (unpaired) electrons. The van der Waals surface area contributed by atoms with E-state index in [1.54, 1.807) is 43.3 Å². The zero-order valence-electron chi connectivity index (χ0n) is 16.1. The van der Waals surface area contributed by atoms with Gasteiger partial charge in [-0.05, 0) is 54.6 Å². The van der Waals surface area contributed by atoms with Gasteiger partial charge in [0.2, 0.25) is 10.0 Å². The smallest absolute Gasteiger partial charge is 0.257 e. The van der Waals surface area contributed by atoms with E-state index in [9.17, 15) is 13.2 Å². The maximum atomic E-state index is 12.8. The van der Waals surface area contributed by atoms with E-state index in [1.807, 2.05) is 0 Å². The summed E-state index contributed by atoms with van der Waals surface area (Å²) in [7, 11) is -2.00. The fourth-order valence-corrected chi connectivity index (χ4v) is 3.25. The van der Waals surface area contributed by atoms with Crippen molar-refractivity contribution in [2.75, 3.05) is 22.9 Å². The van der Waals surface area contributed by atoms with Crippen LogP contribution in [-0.2, 0) is 10.0 Å². The molecule has 0 spiro atoms. The van der Waals surface area contributed by atoms with E-state index in [0.717, 1.165) is 0 Å². The second-order valence-corrected chi connectivity index (χ2v) is 8.04. The van der Waals surface area contributed by atoms with Gasteiger partial charge in [-0.15, -0.1) is 5.10 Å². The number of nitrogens with zero attached hydrogens (tertiary/aromatic N) is 4. The summed E-state index contributed by atoms with van der Waals surface area (Å²) in [6, 6.07) is 11.4. The molecule has 1 heterocycles. The van der Waals surface area contributed by atoms with Crippen molar-refractivity contribution in [1.29, 1.82) is 0 Å². The summed E-state index contributed by atoms with van der Waals surface area (Å²) >= 11 is 0. The molecule has 0 saturated heterocycles. The highest BCUT2D eigenvalue weighted by Crippen LogP contribution is 2.27. The molecule has 152 valence electrons. The predicted molar refractivity (Wildman–Crippen MR) is 108 cm³/mol. The molecule has 0 saturated carbocycles. The Labute approximate surface area is 167 Å². The number of anilines is 2. The maximum absolute atomic E-state index is 12.8. The zero-order valence-corrected chi connectivity index (χ0v) is 16.9. The Morgan fingerprint density at radius 3 is 2.62 bits per heavy atom. The van der Waals surface area contributed by atoms with Gasteiger partial charge in [0.05, 0.1) is 24.1 Å². The number of rotatable bonds is 7. The second-order valence-electron chi connectivity index (χ2n) is 6.03. The first-order valence-electron chi connectivity index (χ1n) is 8.69. The number of aromatic nitrogens is 4. The van der Waals surface area contributed by atoms with Crippen LogP contribution in [0.5, 0.6) is 5.75 Å². The van der Waals surface area contributed by atoms with E-state index in [2.05, 4.69) is 25.6 Å². The van der Waals surface area contributed by atoms with Crippen LogP contribution in [-0.4, -0.2) is 47.4 Å². The normalized spacial score (nSPS) is 11.1. The Balaban J connectivity index is 1.92. The number of carbonyl (C=O) groups is 1. The van der Waals surface area contributed by atoms with Crippen LogP contribution < -0.4 is 14.8 Å². The first-order chi connectivity index (χ1) is 13.8. The summed E-state index contributed by atoms with van der Waals surface area (Å²) in [6.07, 6.45) is 0. The largest absolute Gasteiger partial charge is 0.494 e. The van der Waals surface area contributed by atoms with Gasteiger partial charge in [-0.2, -0.15) is 4.68 Å². The number of methoxy groups -OCH3 is 1. The number of ether oxygens (including phenoxy) is 1. The van der Waals surface area contributed by atoms with Crippen LogP contribution in [0.25, 0.3) is 5.69 Å². The minimum Gasteiger partial charge on any atom is -0.494 e. The average Bonchev–Trinajstić information content (AvgIpc) is 3.13. The number of sulfonamides is 1. The molecule has 0 fully saturated rings. The van der Waals surface area contributed by atoms with Crippen molar-refractivity contribution in [2.24, 2.45) is 0 Å². The summed E-state index contributed by atoms with van der Waals surface area (Å²) in [5.74, 6) is 0.500. The topological polar surface area (TPSA) is 128 Å². The van der Waals surface area contributed by atoms with Crippen LogP contribution in [0.3, 0.4) is 0 Å². The highest BCUT2D eigenvalue weighted by atomic mass is 32.2. The molecule has 1 amide bonds. The van der Waals surface area contributed by atoms with E-state index < -0.39 is 15.9 Å². The monoisotopic (exact) mass is 416 g/mol. The molecule has 0 atom stereocenters. The van der Waals surface area contributed by atoms with Gasteiger partial charge in [0.25, 0.3) is 5.91 Å². The van der Waals surface area contributed by atoms with Gasteiger partial charge in [-0.25, -0.2) is 8.42 Å². The molecule has 0 aliphatic rings. The van der Waals surface area contributed by atoms with E-state index in [4.69, 9.17) is 4.74 Å². The molecule has 0 bridgehead atoms. The number of tetrazole rings is 1. The Morgan fingerprint density at radius 1 is 1.21 bits per heavy atom. The molecule has 10 nitrogen and oxygen atoms in total. The third-order valence-corrected chi connectivity index (χ3v) is 5.40. The van der Waals surface area contributed by atoms with Crippen LogP contribution in [0.15, 0.2) is 42.5 Å². The zero-order chi connectivity index (χ0) is 21.0. The van der Waals surface area contributed by atoms with E-state index in [-0.39, 0.29) is 17.0 Å². The standard InChI is InChI=1S/C18H20N6O4S/c1-4-29(26,27)21-15-8-6-5-7-14(15)18(25)19-13-9-10-17(28-3)16(11-13)24-12(2)20-22-23-24/h5-11,21H,4H2,1-3H3,(H,19,25). The van der Waals surface area contributed by atoms with Gasteiger partial charge < -0.3 is 10.1 Å².